The summed E-state index contributed by atoms with van der Waals surface area (Å²) < 4.78 is 0. The fourth-order valence-corrected chi connectivity index (χ4v) is 1.96. The molecule has 1 amide bonds. The van der Waals surface area contributed by atoms with Crippen molar-refractivity contribution in [3.8, 4) is 12.3 Å². The minimum absolute atomic E-state index is 0.0271. The number of nitrogens with zero attached hydrogens (tertiary/aromatic N) is 1. The van der Waals surface area contributed by atoms with Crippen molar-refractivity contribution >= 4 is 11.9 Å². The Morgan fingerprint density at radius 2 is 2.27 bits per heavy atom. The number of hydrogen-bond acceptors (Lipinski definition) is 2. The number of carbonyl (C=O) groups excluding carboxylic acids is 1. The van der Waals surface area contributed by atoms with Crippen LogP contribution in [-0.4, -0.2) is 34.5 Å². The third kappa shape index (κ3) is 2.72. The molecule has 0 aliphatic carbocycles. The molecular formula is C11H15NO3. The predicted molar refractivity (Wildman–Crippen MR) is 55.0 cm³/mol. The van der Waals surface area contributed by atoms with Crippen LogP contribution >= 0.6 is 0 Å². The maximum absolute atomic E-state index is 11.5. The highest BCUT2D eigenvalue weighted by molar-refractivity contribution is 5.79. The lowest BCUT2D eigenvalue weighted by atomic mass is 9.91. The van der Waals surface area contributed by atoms with Crippen LogP contribution in [0.25, 0.3) is 0 Å². The molecule has 0 radical (unpaired) electrons. The van der Waals surface area contributed by atoms with Crippen LogP contribution in [0.15, 0.2) is 0 Å². The number of terminal acetylenes is 1. The second-order valence-electron chi connectivity index (χ2n) is 3.88. The Hall–Kier alpha value is -1.50. The predicted octanol–water partition coefficient (Wildman–Crippen LogP) is 0.721. The van der Waals surface area contributed by atoms with E-state index in [1.165, 1.54) is 0 Å². The fraction of sp³-hybridized carbons (Fsp3) is 0.636. The van der Waals surface area contributed by atoms with Gasteiger partial charge in [0.2, 0.25) is 5.91 Å². The molecule has 4 heteroatoms. The van der Waals surface area contributed by atoms with Gasteiger partial charge in [-0.25, -0.2) is 0 Å². The molecule has 1 rings (SSSR count). The van der Waals surface area contributed by atoms with Crippen LogP contribution in [0.4, 0.5) is 0 Å². The van der Waals surface area contributed by atoms with Crippen molar-refractivity contribution in [3.05, 3.63) is 0 Å². The average Bonchev–Trinajstić information content (AvgIpc) is 2.17. The van der Waals surface area contributed by atoms with Crippen LogP contribution in [0.1, 0.15) is 26.2 Å². The Morgan fingerprint density at radius 3 is 2.73 bits per heavy atom. The minimum Gasteiger partial charge on any atom is -0.481 e. The molecule has 2 atom stereocenters. The Bertz CT molecular complexity index is 305. The molecular weight excluding hydrogens is 194 g/mol. The molecule has 0 saturated carbocycles. The van der Waals surface area contributed by atoms with Gasteiger partial charge < -0.3 is 10.0 Å². The summed E-state index contributed by atoms with van der Waals surface area (Å²) in [4.78, 5) is 24.0. The largest absolute Gasteiger partial charge is 0.481 e. The first-order valence-corrected chi connectivity index (χ1v) is 5.02. The normalized spacial score (nSPS) is 25.7. The van der Waals surface area contributed by atoms with Crippen molar-refractivity contribution in [3.63, 3.8) is 0 Å². The van der Waals surface area contributed by atoms with E-state index in [1.807, 2.05) is 6.92 Å². The van der Waals surface area contributed by atoms with Crippen molar-refractivity contribution in [2.45, 2.75) is 32.2 Å². The van der Waals surface area contributed by atoms with E-state index >= 15 is 0 Å². The standard InChI is InChI=1S/C11H15NO3/c1-3-4-10(13)12-6-5-9(11(14)15)7-8(12)2/h1,8-9H,4-7H2,2H3,(H,14,15). The van der Waals surface area contributed by atoms with Gasteiger partial charge in [-0.05, 0) is 19.8 Å². The van der Waals surface area contributed by atoms with Crippen LogP contribution in [0, 0.1) is 18.3 Å². The smallest absolute Gasteiger partial charge is 0.306 e. The molecule has 0 bridgehead atoms. The Labute approximate surface area is 89.3 Å². The summed E-state index contributed by atoms with van der Waals surface area (Å²) in [5, 5.41) is 8.85. The first-order chi connectivity index (χ1) is 7.06. The molecule has 4 nitrogen and oxygen atoms in total. The SMILES string of the molecule is C#CCC(=O)N1CCC(C(=O)O)CC1C. The van der Waals surface area contributed by atoms with Gasteiger partial charge >= 0.3 is 5.97 Å². The third-order valence-electron chi connectivity index (χ3n) is 2.80. The summed E-state index contributed by atoms with van der Waals surface area (Å²) in [6.45, 7) is 2.36. The second-order valence-corrected chi connectivity index (χ2v) is 3.88. The highest BCUT2D eigenvalue weighted by Crippen LogP contribution is 2.23. The fourth-order valence-electron chi connectivity index (χ4n) is 1.96. The third-order valence-corrected chi connectivity index (χ3v) is 2.80. The monoisotopic (exact) mass is 209 g/mol. The number of aliphatic carboxylic acids is 1. The van der Waals surface area contributed by atoms with Gasteiger partial charge in [0.1, 0.15) is 0 Å². The van der Waals surface area contributed by atoms with Gasteiger partial charge in [-0.2, -0.15) is 0 Å². The van der Waals surface area contributed by atoms with Crippen LogP contribution in [-0.2, 0) is 9.59 Å². The zero-order valence-electron chi connectivity index (χ0n) is 8.77. The van der Waals surface area contributed by atoms with Gasteiger partial charge in [-0.3, -0.25) is 9.59 Å². The van der Waals surface area contributed by atoms with Crippen LogP contribution < -0.4 is 0 Å². The highest BCUT2D eigenvalue weighted by Gasteiger charge is 2.31. The van der Waals surface area contributed by atoms with E-state index in [9.17, 15) is 9.59 Å². The van der Waals surface area contributed by atoms with Crippen LogP contribution in [0.5, 0.6) is 0 Å². The molecule has 1 fully saturated rings. The Balaban J connectivity index is 2.57. The summed E-state index contributed by atoms with van der Waals surface area (Å²) >= 11 is 0. The summed E-state index contributed by atoms with van der Waals surface area (Å²) in [5.41, 5.74) is 0. The molecule has 0 aromatic carbocycles. The molecule has 15 heavy (non-hydrogen) atoms. The molecule has 0 aromatic rings. The van der Waals surface area contributed by atoms with E-state index in [4.69, 9.17) is 11.5 Å². The molecule has 2 unspecified atom stereocenters. The van der Waals surface area contributed by atoms with Crippen molar-refractivity contribution in [2.75, 3.05) is 6.54 Å². The maximum Gasteiger partial charge on any atom is 0.306 e. The Kier molecular flexibility index (Phi) is 3.73. The van der Waals surface area contributed by atoms with E-state index in [0.29, 0.717) is 19.4 Å². The summed E-state index contributed by atoms with van der Waals surface area (Å²) in [6.07, 6.45) is 6.21. The number of piperidine rings is 1. The van der Waals surface area contributed by atoms with Crippen LogP contribution in [0.3, 0.4) is 0 Å². The van der Waals surface area contributed by atoms with Crippen molar-refractivity contribution < 1.29 is 14.7 Å². The van der Waals surface area contributed by atoms with Crippen LogP contribution in [0.2, 0.25) is 0 Å². The second kappa shape index (κ2) is 4.83. The Morgan fingerprint density at radius 1 is 1.60 bits per heavy atom. The zero-order valence-corrected chi connectivity index (χ0v) is 8.77. The lowest BCUT2D eigenvalue weighted by Crippen LogP contribution is -2.45. The maximum atomic E-state index is 11.5. The van der Waals surface area contributed by atoms with E-state index in [1.54, 1.807) is 4.90 Å². The van der Waals surface area contributed by atoms with E-state index in [0.717, 1.165) is 0 Å². The molecule has 1 heterocycles. The highest BCUT2D eigenvalue weighted by atomic mass is 16.4. The van der Waals surface area contributed by atoms with Gasteiger partial charge in [0.15, 0.2) is 0 Å². The number of likely N-dealkylation sites (tertiary alicyclic amines) is 1. The number of hydrogen-bond donors (Lipinski definition) is 1. The summed E-state index contributed by atoms with van der Waals surface area (Å²) in [5.74, 6) is 1.14. The molecule has 0 spiro atoms. The number of carboxylic acid groups (broad SMARTS) is 1. The van der Waals surface area contributed by atoms with Gasteiger partial charge in [-0.15, -0.1) is 6.42 Å². The first-order valence-electron chi connectivity index (χ1n) is 5.02. The summed E-state index contributed by atoms with van der Waals surface area (Å²) in [6, 6.07) is -0.0271. The molecule has 1 saturated heterocycles. The van der Waals surface area contributed by atoms with Crippen molar-refractivity contribution in [1.29, 1.82) is 0 Å². The molecule has 1 aliphatic rings. The topological polar surface area (TPSA) is 57.6 Å². The first kappa shape index (κ1) is 11.6. The lowest BCUT2D eigenvalue weighted by molar-refractivity contribution is -0.147. The van der Waals surface area contributed by atoms with Gasteiger partial charge in [0, 0.05) is 12.6 Å². The molecule has 1 N–H and O–H groups in total. The van der Waals surface area contributed by atoms with E-state index in [2.05, 4.69) is 5.92 Å². The molecule has 1 aliphatic heterocycles. The van der Waals surface area contributed by atoms with Gasteiger partial charge in [0.05, 0.1) is 12.3 Å². The lowest BCUT2D eigenvalue weighted by Gasteiger charge is -2.35. The minimum atomic E-state index is -0.772. The van der Waals surface area contributed by atoms with Gasteiger partial charge in [0.25, 0.3) is 0 Å². The van der Waals surface area contributed by atoms with Crippen molar-refractivity contribution in [2.24, 2.45) is 5.92 Å². The summed E-state index contributed by atoms with van der Waals surface area (Å²) in [7, 11) is 0. The quantitative estimate of drug-likeness (QED) is 0.682. The van der Waals surface area contributed by atoms with Crippen molar-refractivity contribution in [1.82, 2.24) is 4.90 Å². The average molecular weight is 209 g/mol. The van der Waals surface area contributed by atoms with Gasteiger partial charge in [-0.1, -0.05) is 5.92 Å². The van der Waals surface area contributed by atoms with E-state index in [-0.39, 0.29) is 24.3 Å². The number of rotatable bonds is 2. The number of carboxylic acids is 1. The number of carbonyl (C=O) groups is 2. The molecule has 82 valence electrons. The van der Waals surface area contributed by atoms with E-state index < -0.39 is 5.97 Å². The number of amides is 1. The molecule has 0 aromatic heterocycles. The zero-order chi connectivity index (χ0) is 11.4.